The highest BCUT2D eigenvalue weighted by atomic mass is 15.3. The van der Waals surface area contributed by atoms with Gasteiger partial charge in [0.2, 0.25) is 0 Å². The molecule has 0 aliphatic heterocycles. The first-order valence-corrected chi connectivity index (χ1v) is 2.53. The second kappa shape index (κ2) is 3.80. The van der Waals surface area contributed by atoms with Gasteiger partial charge in [-0.3, -0.25) is 5.84 Å². The predicted octanol–water partition coefficient (Wildman–Crippen LogP) is -1.70. The van der Waals surface area contributed by atoms with Gasteiger partial charge in [0.05, 0.1) is 6.17 Å². The van der Waals surface area contributed by atoms with Gasteiger partial charge in [0.1, 0.15) is 0 Å². The van der Waals surface area contributed by atoms with Crippen molar-refractivity contribution in [2.24, 2.45) is 11.6 Å². The molecule has 0 saturated carbocycles. The normalized spacial score (nSPS) is 14.6. The Morgan fingerprint density at radius 2 is 2.12 bits per heavy atom. The van der Waals surface area contributed by atoms with E-state index >= 15 is 0 Å². The third-order valence-electron chi connectivity index (χ3n) is 0.776. The van der Waals surface area contributed by atoms with Crippen LogP contribution in [0.1, 0.15) is 0 Å². The van der Waals surface area contributed by atoms with E-state index in [9.17, 15) is 0 Å². The summed E-state index contributed by atoms with van der Waals surface area (Å²) in [6.45, 7) is 0.760. The molecule has 0 aromatic carbocycles. The van der Waals surface area contributed by atoms with Crippen molar-refractivity contribution in [1.29, 1.82) is 0 Å². The predicted molar refractivity (Wildman–Crippen MR) is 33.9 cm³/mol. The molecule has 8 heavy (non-hydrogen) atoms. The fourth-order valence-electron chi connectivity index (χ4n) is 0.446. The fraction of sp³-hybridized carbons (Fsp3) is 1.00. The van der Waals surface area contributed by atoms with Crippen LogP contribution in [0.25, 0.3) is 0 Å². The number of nitrogens with one attached hydrogen (secondary N) is 1. The van der Waals surface area contributed by atoms with E-state index in [-0.39, 0.29) is 6.17 Å². The Bertz CT molecular complexity index is 54.0. The summed E-state index contributed by atoms with van der Waals surface area (Å²) in [5.74, 6) is 5.02. The zero-order chi connectivity index (χ0) is 6.57. The molecule has 1 atom stereocenters. The molecule has 50 valence electrons. The zero-order valence-corrected chi connectivity index (χ0v) is 5.39. The van der Waals surface area contributed by atoms with Crippen molar-refractivity contribution in [1.82, 2.24) is 10.3 Å². The molecule has 0 heterocycles. The second-order valence-electron chi connectivity index (χ2n) is 2.04. The molecule has 0 bridgehead atoms. The Balaban J connectivity index is 3.10. The zero-order valence-electron chi connectivity index (χ0n) is 5.39. The van der Waals surface area contributed by atoms with Crippen molar-refractivity contribution in [2.45, 2.75) is 6.17 Å². The van der Waals surface area contributed by atoms with Crippen LogP contribution in [0.4, 0.5) is 0 Å². The SMILES string of the molecule is CN(C)CC(N)NN. The van der Waals surface area contributed by atoms with Crippen LogP contribution in [0, 0.1) is 0 Å². The van der Waals surface area contributed by atoms with Crippen LogP contribution in [-0.2, 0) is 0 Å². The van der Waals surface area contributed by atoms with Crippen molar-refractivity contribution in [3.8, 4) is 0 Å². The standard InChI is InChI=1S/C4H14N4/c1-8(2)3-4(5)7-6/h4,7H,3,5-6H2,1-2H3. The van der Waals surface area contributed by atoms with E-state index in [0.29, 0.717) is 0 Å². The summed E-state index contributed by atoms with van der Waals surface area (Å²) in [5.41, 5.74) is 7.83. The molecule has 0 aliphatic carbocycles. The molecule has 0 aromatic rings. The molecule has 0 aliphatic rings. The van der Waals surface area contributed by atoms with Crippen LogP contribution < -0.4 is 17.0 Å². The Kier molecular flexibility index (Phi) is 3.72. The van der Waals surface area contributed by atoms with E-state index in [1.54, 1.807) is 0 Å². The molecule has 4 heteroatoms. The first kappa shape index (κ1) is 7.84. The van der Waals surface area contributed by atoms with Gasteiger partial charge in [-0.2, -0.15) is 0 Å². The lowest BCUT2D eigenvalue weighted by Crippen LogP contribution is -2.48. The van der Waals surface area contributed by atoms with Crippen LogP contribution in [0.5, 0.6) is 0 Å². The molecule has 0 spiro atoms. The summed E-state index contributed by atoms with van der Waals surface area (Å²) in [7, 11) is 3.88. The second-order valence-corrected chi connectivity index (χ2v) is 2.04. The molecular weight excluding hydrogens is 104 g/mol. The van der Waals surface area contributed by atoms with Gasteiger partial charge in [0.25, 0.3) is 0 Å². The Morgan fingerprint density at radius 1 is 1.62 bits per heavy atom. The number of likely N-dealkylation sites (N-methyl/N-ethyl adjacent to an activating group) is 1. The number of hydrogen-bond donors (Lipinski definition) is 3. The van der Waals surface area contributed by atoms with Gasteiger partial charge in [-0.1, -0.05) is 0 Å². The Morgan fingerprint density at radius 3 is 2.25 bits per heavy atom. The molecule has 0 aromatic heterocycles. The molecule has 0 rings (SSSR count). The fourth-order valence-corrected chi connectivity index (χ4v) is 0.446. The summed E-state index contributed by atoms with van der Waals surface area (Å²) < 4.78 is 0. The highest BCUT2D eigenvalue weighted by Gasteiger charge is 1.97. The molecule has 1 unspecified atom stereocenters. The highest BCUT2D eigenvalue weighted by molar-refractivity contribution is 4.55. The summed E-state index contributed by atoms with van der Waals surface area (Å²) in [6, 6.07) is 0. The summed E-state index contributed by atoms with van der Waals surface area (Å²) >= 11 is 0. The van der Waals surface area contributed by atoms with Crippen LogP contribution in [0.15, 0.2) is 0 Å². The monoisotopic (exact) mass is 118 g/mol. The maximum atomic E-state index is 5.40. The first-order chi connectivity index (χ1) is 3.66. The minimum atomic E-state index is -0.120. The molecule has 0 saturated heterocycles. The molecule has 4 nitrogen and oxygen atoms in total. The lowest BCUT2D eigenvalue weighted by molar-refractivity contribution is 0.344. The molecule has 0 amide bonds. The highest BCUT2D eigenvalue weighted by Crippen LogP contribution is 1.73. The number of nitrogens with two attached hydrogens (primary N) is 2. The van der Waals surface area contributed by atoms with Gasteiger partial charge in [-0.05, 0) is 14.1 Å². The van der Waals surface area contributed by atoms with Crippen molar-refractivity contribution in [3.05, 3.63) is 0 Å². The summed E-state index contributed by atoms with van der Waals surface area (Å²) in [6.07, 6.45) is -0.120. The maximum absolute atomic E-state index is 5.40. The van der Waals surface area contributed by atoms with Gasteiger partial charge >= 0.3 is 0 Å². The van der Waals surface area contributed by atoms with Gasteiger partial charge in [0.15, 0.2) is 0 Å². The number of hydrazine groups is 1. The van der Waals surface area contributed by atoms with Crippen molar-refractivity contribution < 1.29 is 0 Å². The largest absolute Gasteiger partial charge is 0.314 e. The summed E-state index contributed by atoms with van der Waals surface area (Å²) in [4.78, 5) is 1.96. The average molecular weight is 118 g/mol. The van der Waals surface area contributed by atoms with Crippen LogP contribution in [0.3, 0.4) is 0 Å². The van der Waals surface area contributed by atoms with E-state index in [0.717, 1.165) is 6.54 Å². The molecule has 5 N–H and O–H groups in total. The van der Waals surface area contributed by atoms with E-state index in [1.165, 1.54) is 0 Å². The quantitative estimate of drug-likeness (QED) is 0.235. The van der Waals surface area contributed by atoms with Crippen LogP contribution in [-0.4, -0.2) is 31.7 Å². The Labute approximate surface area is 49.8 Å². The van der Waals surface area contributed by atoms with E-state index in [4.69, 9.17) is 11.6 Å². The topological polar surface area (TPSA) is 67.3 Å². The van der Waals surface area contributed by atoms with Crippen molar-refractivity contribution in [2.75, 3.05) is 20.6 Å². The van der Waals surface area contributed by atoms with Gasteiger partial charge in [-0.25, -0.2) is 5.43 Å². The maximum Gasteiger partial charge on any atom is 0.0805 e. The lowest BCUT2D eigenvalue weighted by atomic mass is 10.5. The molecule has 0 fully saturated rings. The van der Waals surface area contributed by atoms with Crippen LogP contribution in [0.2, 0.25) is 0 Å². The van der Waals surface area contributed by atoms with E-state index < -0.39 is 0 Å². The third-order valence-corrected chi connectivity index (χ3v) is 0.776. The van der Waals surface area contributed by atoms with Gasteiger partial charge < -0.3 is 10.6 Å². The Hall–Kier alpha value is -0.160. The average Bonchev–Trinajstić information content (AvgIpc) is 1.65. The van der Waals surface area contributed by atoms with Crippen molar-refractivity contribution in [3.63, 3.8) is 0 Å². The third kappa shape index (κ3) is 4.01. The van der Waals surface area contributed by atoms with E-state index in [1.807, 2.05) is 19.0 Å². The molecular formula is C4H14N4. The minimum Gasteiger partial charge on any atom is -0.314 e. The number of hydrogen-bond acceptors (Lipinski definition) is 4. The summed E-state index contributed by atoms with van der Waals surface area (Å²) in [5, 5.41) is 0. The van der Waals surface area contributed by atoms with Gasteiger partial charge in [0, 0.05) is 6.54 Å². The molecule has 0 radical (unpaired) electrons. The van der Waals surface area contributed by atoms with Gasteiger partial charge in [-0.15, -0.1) is 0 Å². The number of nitrogens with zero attached hydrogens (tertiary/aromatic N) is 1. The van der Waals surface area contributed by atoms with Crippen LogP contribution >= 0.6 is 0 Å². The smallest absolute Gasteiger partial charge is 0.0805 e. The van der Waals surface area contributed by atoms with Crippen molar-refractivity contribution >= 4 is 0 Å². The lowest BCUT2D eigenvalue weighted by Gasteiger charge is -2.14. The number of rotatable bonds is 3. The minimum absolute atomic E-state index is 0.120. The first-order valence-electron chi connectivity index (χ1n) is 2.53. The van der Waals surface area contributed by atoms with E-state index in [2.05, 4.69) is 5.43 Å².